The maximum Gasteiger partial charge on any atom is 0.326 e. The zero-order valence-corrected chi connectivity index (χ0v) is 6.24. The van der Waals surface area contributed by atoms with Crippen molar-refractivity contribution in [1.29, 1.82) is 0 Å². The molecule has 0 saturated carbocycles. The lowest BCUT2D eigenvalue weighted by atomic mass is 10.2. The van der Waals surface area contributed by atoms with Gasteiger partial charge in [-0.15, -0.1) is 0 Å². The molecule has 1 fully saturated rings. The lowest BCUT2D eigenvalue weighted by molar-refractivity contribution is -0.141. The third kappa shape index (κ3) is 1.46. The molecule has 0 aromatic rings. The molecule has 2 amide bonds. The molecule has 0 bridgehead atoms. The summed E-state index contributed by atoms with van der Waals surface area (Å²) in [5, 5.41) is 8.53. The summed E-state index contributed by atoms with van der Waals surface area (Å²) in [6.07, 6.45) is -1.45. The van der Waals surface area contributed by atoms with Gasteiger partial charge in [-0.1, -0.05) is 0 Å². The van der Waals surface area contributed by atoms with Crippen LogP contribution in [-0.4, -0.2) is 40.8 Å². The van der Waals surface area contributed by atoms with Gasteiger partial charge < -0.3 is 15.7 Å². The number of halogens is 1. The van der Waals surface area contributed by atoms with Crippen molar-refractivity contribution < 1.29 is 19.1 Å². The molecule has 0 aromatic carbocycles. The van der Waals surface area contributed by atoms with E-state index in [9.17, 15) is 14.0 Å². The molecule has 5 nitrogen and oxygen atoms in total. The van der Waals surface area contributed by atoms with Crippen LogP contribution in [-0.2, 0) is 4.79 Å². The van der Waals surface area contributed by atoms with E-state index in [2.05, 4.69) is 0 Å². The number of nitrogens with two attached hydrogens (primary N) is 1. The van der Waals surface area contributed by atoms with Crippen molar-refractivity contribution >= 4 is 12.0 Å². The number of amides is 2. The van der Waals surface area contributed by atoms with Gasteiger partial charge in [-0.25, -0.2) is 14.0 Å². The molecule has 2 atom stereocenters. The number of primary amides is 1. The topological polar surface area (TPSA) is 83.6 Å². The number of carbonyl (C=O) groups excluding carboxylic acids is 1. The number of urea groups is 1. The van der Waals surface area contributed by atoms with E-state index in [-0.39, 0.29) is 13.0 Å². The minimum atomic E-state index is -1.28. The Hall–Kier alpha value is -1.33. The van der Waals surface area contributed by atoms with Crippen LogP contribution in [0.5, 0.6) is 0 Å². The molecule has 0 aromatic heterocycles. The van der Waals surface area contributed by atoms with Gasteiger partial charge in [-0.2, -0.15) is 0 Å². The van der Waals surface area contributed by atoms with Gasteiger partial charge in [0.25, 0.3) is 0 Å². The zero-order chi connectivity index (χ0) is 9.30. The summed E-state index contributed by atoms with van der Waals surface area (Å²) in [5.41, 5.74) is 4.85. The minimum absolute atomic E-state index is 0.168. The Balaban J connectivity index is 2.72. The number of alkyl halides is 1. The van der Waals surface area contributed by atoms with Crippen molar-refractivity contribution in [2.45, 2.75) is 18.6 Å². The summed E-state index contributed by atoms with van der Waals surface area (Å²) < 4.78 is 12.6. The van der Waals surface area contributed by atoms with Crippen LogP contribution >= 0.6 is 0 Å². The first-order chi connectivity index (χ1) is 5.52. The Morgan fingerprint density at radius 3 is 2.50 bits per heavy atom. The van der Waals surface area contributed by atoms with Gasteiger partial charge in [0, 0.05) is 6.42 Å². The monoisotopic (exact) mass is 176 g/mol. The normalized spacial score (nSPS) is 28.9. The molecule has 1 aliphatic heterocycles. The van der Waals surface area contributed by atoms with Gasteiger partial charge in [-0.05, 0) is 0 Å². The first-order valence-electron chi connectivity index (χ1n) is 3.45. The number of carbonyl (C=O) groups is 2. The van der Waals surface area contributed by atoms with E-state index in [1.807, 2.05) is 0 Å². The van der Waals surface area contributed by atoms with Crippen LogP contribution in [0.25, 0.3) is 0 Å². The number of hydrogen-bond donors (Lipinski definition) is 2. The molecule has 6 heteroatoms. The van der Waals surface area contributed by atoms with Crippen molar-refractivity contribution in [3.05, 3.63) is 0 Å². The minimum Gasteiger partial charge on any atom is -0.480 e. The Kier molecular flexibility index (Phi) is 2.16. The van der Waals surface area contributed by atoms with E-state index in [1.54, 1.807) is 0 Å². The lowest BCUT2D eigenvalue weighted by Crippen LogP contribution is -2.43. The summed E-state index contributed by atoms with van der Waals surface area (Å²) >= 11 is 0. The third-order valence-corrected chi connectivity index (χ3v) is 1.82. The number of aliphatic carboxylic acids is 1. The summed E-state index contributed by atoms with van der Waals surface area (Å²) in [5.74, 6) is -1.21. The molecule has 0 spiro atoms. The highest BCUT2D eigenvalue weighted by Crippen LogP contribution is 2.19. The number of rotatable bonds is 1. The summed E-state index contributed by atoms with van der Waals surface area (Å²) in [6.45, 7) is -0.216. The highest BCUT2D eigenvalue weighted by atomic mass is 19.1. The van der Waals surface area contributed by atoms with E-state index in [4.69, 9.17) is 10.8 Å². The van der Waals surface area contributed by atoms with Crippen molar-refractivity contribution in [3.8, 4) is 0 Å². The number of hydrogen-bond acceptors (Lipinski definition) is 2. The Morgan fingerprint density at radius 1 is 1.58 bits per heavy atom. The third-order valence-electron chi connectivity index (χ3n) is 1.82. The van der Waals surface area contributed by atoms with E-state index in [0.717, 1.165) is 4.90 Å². The molecule has 1 rings (SSSR count). The molecule has 3 N–H and O–H groups in total. The summed E-state index contributed by atoms with van der Waals surface area (Å²) in [4.78, 5) is 21.9. The van der Waals surface area contributed by atoms with Crippen LogP contribution in [0, 0.1) is 0 Å². The molecular formula is C6H9FN2O3. The van der Waals surface area contributed by atoms with Crippen LogP contribution in [0.15, 0.2) is 0 Å². The van der Waals surface area contributed by atoms with Crippen LogP contribution < -0.4 is 5.73 Å². The SMILES string of the molecule is NC(=O)N1C[C@@H](F)C[C@H]1C(=O)O. The van der Waals surface area contributed by atoms with Crippen molar-refractivity contribution in [3.63, 3.8) is 0 Å². The highest BCUT2D eigenvalue weighted by Gasteiger charge is 2.38. The number of carboxylic acid groups (broad SMARTS) is 1. The Morgan fingerprint density at radius 2 is 2.17 bits per heavy atom. The molecule has 0 radical (unpaired) electrons. The molecule has 0 aliphatic carbocycles. The average Bonchev–Trinajstić information content (AvgIpc) is 2.31. The second kappa shape index (κ2) is 2.96. The molecule has 1 heterocycles. The van der Waals surface area contributed by atoms with Gasteiger partial charge in [0.05, 0.1) is 6.54 Å². The fourth-order valence-electron chi connectivity index (χ4n) is 1.26. The van der Waals surface area contributed by atoms with Crippen molar-refractivity contribution in [1.82, 2.24) is 4.90 Å². The maximum atomic E-state index is 12.6. The van der Waals surface area contributed by atoms with Crippen LogP contribution in [0.3, 0.4) is 0 Å². The van der Waals surface area contributed by atoms with Crippen LogP contribution in [0.4, 0.5) is 9.18 Å². The van der Waals surface area contributed by atoms with Gasteiger partial charge in [0.1, 0.15) is 12.2 Å². The highest BCUT2D eigenvalue weighted by molar-refractivity contribution is 5.82. The largest absolute Gasteiger partial charge is 0.480 e. The van der Waals surface area contributed by atoms with Gasteiger partial charge in [0.15, 0.2) is 0 Å². The second-order valence-corrected chi connectivity index (χ2v) is 2.68. The lowest BCUT2D eigenvalue weighted by Gasteiger charge is -2.17. The summed E-state index contributed by atoms with van der Waals surface area (Å²) in [7, 11) is 0. The second-order valence-electron chi connectivity index (χ2n) is 2.68. The molecule has 68 valence electrons. The first kappa shape index (κ1) is 8.76. The van der Waals surface area contributed by atoms with Crippen molar-refractivity contribution in [2.24, 2.45) is 5.73 Å². The fraction of sp³-hybridized carbons (Fsp3) is 0.667. The van der Waals surface area contributed by atoms with E-state index in [1.165, 1.54) is 0 Å². The standard InChI is InChI=1S/C6H9FN2O3/c7-3-1-4(5(10)11)9(2-3)6(8)12/h3-4H,1-2H2,(H2,8,12)(H,10,11)/t3-,4-/m0/s1. The fourth-order valence-corrected chi connectivity index (χ4v) is 1.26. The zero-order valence-electron chi connectivity index (χ0n) is 6.24. The van der Waals surface area contributed by atoms with Gasteiger partial charge in [0.2, 0.25) is 0 Å². The van der Waals surface area contributed by atoms with E-state index >= 15 is 0 Å². The molecule has 0 unspecified atom stereocenters. The summed E-state index contributed by atoms with van der Waals surface area (Å²) in [6, 6.07) is -1.99. The number of likely N-dealkylation sites (tertiary alicyclic amines) is 1. The van der Waals surface area contributed by atoms with Crippen LogP contribution in [0.1, 0.15) is 6.42 Å². The first-order valence-corrected chi connectivity index (χ1v) is 3.45. The molecular weight excluding hydrogens is 167 g/mol. The van der Waals surface area contributed by atoms with Crippen molar-refractivity contribution in [2.75, 3.05) is 6.54 Å². The maximum absolute atomic E-state index is 12.6. The predicted octanol–water partition coefficient (Wildman–Crippen LogP) is -0.438. The van der Waals surface area contributed by atoms with E-state index < -0.39 is 24.2 Å². The smallest absolute Gasteiger partial charge is 0.326 e. The molecule has 1 aliphatic rings. The Labute approximate surface area is 67.9 Å². The van der Waals surface area contributed by atoms with Gasteiger partial charge >= 0.3 is 12.0 Å². The van der Waals surface area contributed by atoms with Crippen LogP contribution in [0.2, 0.25) is 0 Å². The Bertz CT molecular complexity index is 199. The molecule has 1 saturated heterocycles. The van der Waals surface area contributed by atoms with Gasteiger partial charge in [-0.3, -0.25) is 0 Å². The number of nitrogens with zero attached hydrogens (tertiary/aromatic N) is 1. The average molecular weight is 176 g/mol. The molecule has 12 heavy (non-hydrogen) atoms. The number of carboxylic acids is 1. The predicted molar refractivity (Wildman–Crippen MR) is 37.2 cm³/mol. The van der Waals surface area contributed by atoms with E-state index in [0.29, 0.717) is 0 Å². The quantitative estimate of drug-likeness (QED) is 0.568.